The van der Waals surface area contributed by atoms with Crippen molar-refractivity contribution in [2.75, 3.05) is 0 Å². The molecule has 1 unspecified atom stereocenters. The summed E-state index contributed by atoms with van der Waals surface area (Å²) in [5.41, 5.74) is 2.35. The average molecular weight is 200 g/mol. The van der Waals surface area contributed by atoms with E-state index in [0.29, 0.717) is 0 Å². The Morgan fingerprint density at radius 1 is 1.20 bits per heavy atom. The van der Waals surface area contributed by atoms with E-state index in [1.807, 2.05) is 30.4 Å². The molecule has 1 aliphatic rings. The molecule has 0 spiro atoms. The molecule has 0 radical (unpaired) electrons. The van der Waals surface area contributed by atoms with Gasteiger partial charge >= 0.3 is 0 Å². The lowest BCUT2D eigenvalue weighted by atomic mass is 9.95. The normalized spacial score (nSPS) is 17.3. The lowest BCUT2D eigenvalue weighted by Crippen LogP contribution is -2.14. The van der Waals surface area contributed by atoms with Crippen LogP contribution in [0, 0.1) is 0 Å². The van der Waals surface area contributed by atoms with Crippen molar-refractivity contribution in [1.82, 2.24) is 0 Å². The molecule has 0 fully saturated rings. The summed E-state index contributed by atoms with van der Waals surface area (Å²) in [6, 6.07) is 10.1. The molecular formula is C14H16O. The van der Waals surface area contributed by atoms with E-state index in [1.165, 1.54) is 5.56 Å². The molecule has 0 heterocycles. The maximum Gasteiger partial charge on any atom is 0.0793 e. The van der Waals surface area contributed by atoms with Gasteiger partial charge in [-0.15, -0.1) is 0 Å². The maximum atomic E-state index is 10.0. The predicted molar refractivity (Wildman–Crippen MR) is 62.6 cm³/mol. The molecule has 0 bridgehead atoms. The first-order chi connectivity index (χ1) is 7.36. The number of hydrogen-bond acceptors (Lipinski definition) is 1. The average Bonchev–Trinajstić information content (AvgIpc) is 2.31. The molecule has 1 aliphatic carbocycles. The summed E-state index contributed by atoms with van der Waals surface area (Å²) >= 11 is 0. The SMILES string of the molecule is OC(Cc1ccccc1)C1=CC=CCC1. The first-order valence-electron chi connectivity index (χ1n) is 5.44. The van der Waals surface area contributed by atoms with Gasteiger partial charge in [-0.3, -0.25) is 0 Å². The monoisotopic (exact) mass is 200 g/mol. The van der Waals surface area contributed by atoms with Crippen molar-refractivity contribution < 1.29 is 5.11 Å². The predicted octanol–water partition coefficient (Wildman–Crippen LogP) is 2.87. The number of aliphatic hydroxyl groups is 1. The molecule has 2 rings (SSSR count). The van der Waals surface area contributed by atoms with Crippen LogP contribution in [0.2, 0.25) is 0 Å². The Hall–Kier alpha value is -1.34. The number of allylic oxidation sites excluding steroid dienone is 3. The van der Waals surface area contributed by atoms with Gasteiger partial charge < -0.3 is 5.11 Å². The van der Waals surface area contributed by atoms with Gasteiger partial charge in [0.2, 0.25) is 0 Å². The van der Waals surface area contributed by atoms with Gasteiger partial charge in [0.15, 0.2) is 0 Å². The van der Waals surface area contributed by atoms with Crippen molar-refractivity contribution >= 4 is 0 Å². The standard InChI is InChI=1S/C14H16O/c15-14(13-9-5-2-6-10-13)11-12-7-3-1-4-8-12/h1-5,7-9,14-15H,6,10-11H2. The van der Waals surface area contributed by atoms with Crippen LogP contribution in [0.4, 0.5) is 0 Å². The number of hydrogen-bond donors (Lipinski definition) is 1. The summed E-state index contributed by atoms with van der Waals surface area (Å²) in [6.07, 6.45) is 8.66. The highest BCUT2D eigenvalue weighted by molar-refractivity contribution is 5.24. The lowest BCUT2D eigenvalue weighted by Gasteiger charge is -2.16. The first-order valence-corrected chi connectivity index (χ1v) is 5.44. The fraction of sp³-hybridized carbons (Fsp3) is 0.286. The Labute approximate surface area is 90.8 Å². The van der Waals surface area contributed by atoms with Crippen molar-refractivity contribution in [3.63, 3.8) is 0 Å². The highest BCUT2D eigenvalue weighted by Crippen LogP contribution is 2.18. The van der Waals surface area contributed by atoms with Crippen LogP contribution in [0.5, 0.6) is 0 Å². The molecule has 1 aromatic carbocycles. The highest BCUT2D eigenvalue weighted by Gasteiger charge is 2.11. The molecule has 0 aromatic heterocycles. The third-order valence-electron chi connectivity index (χ3n) is 2.75. The van der Waals surface area contributed by atoms with Crippen molar-refractivity contribution in [2.45, 2.75) is 25.4 Å². The van der Waals surface area contributed by atoms with Gasteiger partial charge in [-0.1, -0.05) is 48.6 Å². The smallest absolute Gasteiger partial charge is 0.0793 e. The maximum absolute atomic E-state index is 10.0. The summed E-state index contributed by atoms with van der Waals surface area (Å²) in [5.74, 6) is 0. The minimum atomic E-state index is -0.322. The Morgan fingerprint density at radius 2 is 2.00 bits per heavy atom. The van der Waals surface area contributed by atoms with Crippen molar-refractivity contribution in [3.05, 3.63) is 59.7 Å². The third-order valence-corrected chi connectivity index (χ3v) is 2.75. The van der Waals surface area contributed by atoms with Gasteiger partial charge in [0.25, 0.3) is 0 Å². The van der Waals surface area contributed by atoms with E-state index in [9.17, 15) is 5.11 Å². The molecule has 1 nitrogen and oxygen atoms in total. The zero-order valence-corrected chi connectivity index (χ0v) is 8.76. The molecule has 15 heavy (non-hydrogen) atoms. The summed E-state index contributed by atoms with van der Waals surface area (Å²) in [6.45, 7) is 0. The van der Waals surface area contributed by atoms with Crippen LogP contribution in [-0.2, 0) is 6.42 Å². The van der Waals surface area contributed by atoms with Crippen molar-refractivity contribution in [1.29, 1.82) is 0 Å². The van der Waals surface area contributed by atoms with E-state index >= 15 is 0 Å². The van der Waals surface area contributed by atoms with Gasteiger partial charge in [-0.25, -0.2) is 0 Å². The Balaban J connectivity index is 2.00. The molecule has 0 aliphatic heterocycles. The van der Waals surface area contributed by atoms with Crippen LogP contribution >= 0.6 is 0 Å². The van der Waals surface area contributed by atoms with Gasteiger partial charge in [0.1, 0.15) is 0 Å². The van der Waals surface area contributed by atoms with Crippen LogP contribution in [0.15, 0.2) is 54.1 Å². The molecule has 1 N–H and O–H groups in total. The van der Waals surface area contributed by atoms with Gasteiger partial charge in [0, 0.05) is 6.42 Å². The quantitative estimate of drug-likeness (QED) is 0.795. The number of benzene rings is 1. The van der Waals surface area contributed by atoms with E-state index in [1.54, 1.807) is 0 Å². The van der Waals surface area contributed by atoms with Crippen LogP contribution < -0.4 is 0 Å². The van der Waals surface area contributed by atoms with E-state index in [-0.39, 0.29) is 6.10 Å². The number of rotatable bonds is 3. The fourth-order valence-corrected chi connectivity index (χ4v) is 1.87. The largest absolute Gasteiger partial charge is 0.388 e. The van der Waals surface area contributed by atoms with Crippen molar-refractivity contribution in [2.24, 2.45) is 0 Å². The Morgan fingerprint density at radius 3 is 2.67 bits per heavy atom. The lowest BCUT2D eigenvalue weighted by molar-refractivity contribution is 0.207. The van der Waals surface area contributed by atoms with Crippen molar-refractivity contribution in [3.8, 4) is 0 Å². The second-order valence-electron chi connectivity index (χ2n) is 3.91. The van der Waals surface area contributed by atoms with Crippen LogP contribution in [-0.4, -0.2) is 11.2 Å². The van der Waals surface area contributed by atoms with Gasteiger partial charge in [0.05, 0.1) is 6.10 Å². The zero-order chi connectivity index (χ0) is 10.5. The summed E-state index contributed by atoms with van der Waals surface area (Å²) in [4.78, 5) is 0. The topological polar surface area (TPSA) is 20.2 Å². The van der Waals surface area contributed by atoms with Crippen LogP contribution in [0.3, 0.4) is 0 Å². The van der Waals surface area contributed by atoms with Gasteiger partial charge in [-0.05, 0) is 24.0 Å². The molecule has 1 atom stereocenters. The molecule has 1 aromatic rings. The summed E-state index contributed by atoms with van der Waals surface area (Å²) in [5, 5.41) is 10.0. The zero-order valence-electron chi connectivity index (χ0n) is 8.76. The minimum Gasteiger partial charge on any atom is -0.388 e. The molecule has 0 saturated heterocycles. The van der Waals surface area contributed by atoms with E-state index in [2.05, 4.69) is 18.2 Å². The van der Waals surface area contributed by atoms with E-state index in [0.717, 1.165) is 24.8 Å². The second-order valence-corrected chi connectivity index (χ2v) is 3.91. The van der Waals surface area contributed by atoms with Gasteiger partial charge in [-0.2, -0.15) is 0 Å². The molecular weight excluding hydrogens is 184 g/mol. The molecule has 0 saturated carbocycles. The van der Waals surface area contributed by atoms with Crippen LogP contribution in [0.1, 0.15) is 18.4 Å². The second kappa shape index (κ2) is 4.94. The Kier molecular flexibility index (Phi) is 3.36. The highest BCUT2D eigenvalue weighted by atomic mass is 16.3. The number of aliphatic hydroxyl groups excluding tert-OH is 1. The van der Waals surface area contributed by atoms with E-state index in [4.69, 9.17) is 0 Å². The Bertz CT molecular complexity index is 362. The van der Waals surface area contributed by atoms with E-state index < -0.39 is 0 Å². The molecule has 0 amide bonds. The third kappa shape index (κ3) is 2.80. The van der Waals surface area contributed by atoms with Crippen LogP contribution in [0.25, 0.3) is 0 Å². The summed E-state index contributed by atoms with van der Waals surface area (Å²) in [7, 11) is 0. The molecule has 78 valence electrons. The first kappa shape index (κ1) is 10.2. The molecule has 1 heteroatoms. The fourth-order valence-electron chi connectivity index (χ4n) is 1.87. The summed E-state index contributed by atoms with van der Waals surface area (Å²) < 4.78 is 0. The minimum absolute atomic E-state index is 0.322.